The second kappa shape index (κ2) is 8.62. The number of halogens is 1. The van der Waals surface area contributed by atoms with E-state index in [0.29, 0.717) is 28.2 Å². The number of nitrogen functional groups attached to an aromatic ring is 1. The summed E-state index contributed by atoms with van der Waals surface area (Å²) in [4.78, 5) is 25.0. The van der Waals surface area contributed by atoms with Crippen molar-refractivity contribution in [2.45, 2.75) is 6.54 Å². The Morgan fingerprint density at radius 3 is 2.29 bits per heavy atom. The van der Waals surface area contributed by atoms with E-state index in [4.69, 9.17) is 5.73 Å². The van der Waals surface area contributed by atoms with Gasteiger partial charge in [-0.1, -0.05) is 24.3 Å². The number of nitrogens with one attached hydrogen (secondary N) is 1. The van der Waals surface area contributed by atoms with Gasteiger partial charge in [0.2, 0.25) is 0 Å². The molecule has 31 heavy (non-hydrogen) atoms. The van der Waals surface area contributed by atoms with Gasteiger partial charge >= 0.3 is 0 Å². The van der Waals surface area contributed by atoms with Gasteiger partial charge in [0.1, 0.15) is 12.4 Å². The number of para-hydroxylation sites is 2. The van der Waals surface area contributed by atoms with Crippen molar-refractivity contribution in [3.63, 3.8) is 0 Å². The van der Waals surface area contributed by atoms with Crippen LogP contribution in [-0.2, 0) is 6.54 Å². The van der Waals surface area contributed by atoms with Crippen molar-refractivity contribution in [1.82, 2.24) is 9.78 Å². The van der Waals surface area contributed by atoms with Crippen molar-refractivity contribution < 1.29 is 14.0 Å². The van der Waals surface area contributed by atoms with Crippen LogP contribution in [0.4, 0.5) is 15.8 Å². The van der Waals surface area contributed by atoms with Gasteiger partial charge in [-0.3, -0.25) is 14.3 Å². The van der Waals surface area contributed by atoms with Gasteiger partial charge in [0.25, 0.3) is 5.91 Å². The smallest absolute Gasteiger partial charge is 0.255 e. The first-order chi connectivity index (χ1) is 15.0. The lowest BCUT2D eigenvalue weighted by molar-refractivity contribution is 0.0965. The molecule has 0 aliphatic carbocycles. The number of amides is 1. The van der Waals surface area contributed by atoms with Crippen LogP contribution in [0.15, 0.2) is 85.1 Å². The maximum Gasteiger partial charge on any atom is 0.255 e. The minimum atomic E-state index is -0.317. The van der Waals surface area contributed by atoms with E-state index in [1.165, 1.54) is 16.8 Å². The number of Topliss-reactive ketones (excluding diaryl/α,β-unsaturated/α-hetero) is 1. The molecule has 3 aromatic carbocycles. The van der Waals surface area contributed by atoms with Gasteiger partial charge in [-0.15, -0.1) is 0 Å². The Balaban J connectivity index is 1.41. The molecule has 0 bridgehead atoms. The molecule has 4 rings (SSSR count). The Bertz CT molecular complexity index is 1230. The van der Waals surface area contributed by atoms with E-state index in [0.717, 1.165) is 5.56 Å². The number of carbonyl (C=O) groups is 2. The van der Waals surface area contributed by atoms with Crippen molar-refractivity contribution >= 4 is 23.1 Å². The average Bonchev–Trinajstić information content (AvgIpc) is 3.24. The predicted octanol–water partition coefficient (Wildman–Crippen LogP) is 4.41. The molecule has 4 aromatic rings. The SMILES string of the molecule is Nc1ccccc1NC(=O)c1ccc(C(=O)Cn2ccc(-c3ccc(F)cc3)n2)cc1. The summed E-state index contributed by atoms with van der Waals surface area (Å²) in [6.07, 6.45) is 1.70. The summed E-state index contributed by atoms with van der Waals surface area (Å²) in [6, 6.07) is 21.2. The molecular formula is C24H19FN4O2. The number of hydrogen-bond donors (Lipinski definition) is 2. The highest BCUT2D eigenvalue weighted by atomic mass is 19.1. The van der Waals surface area contributed by atoms with E-state index in [9.17, 15) is 14.0 Å². The normalized spacial score (nSPS) is 10.6. The molecule has 1 aromatic heterocycles. The van der Waals surface area contributed by atoms with Crippen LogP contribution >= 0.6 is 0 Å². The topological polar surface area (TPSA) is 90.0 Å². The molecular weight excluding hydrogens is 395 g/mol. The van der Waals surface area contributed by atoms with Crippen LogP contribution in [0.2, 0.25) is 0 Å². The quantitative estimate of drug-likeness (QED) is 0.361. The number of nitrogens with zero attached hydrogens (tertiary/aromatic N) is 2. The number of anilines is 2. The Morgan fingerprint density at radius 1 is 0.903 bits per heavy atom. The summed E-state index contributed by atoms with van der Waals surface area (Å²) >= 11 is 0. The molecule has 1 heterocycles. The first-order valence-electron chi connectivity index (χ1n) is 9.58. The van der Waals surface area contributed by atoms with Gasteiger partial charge in [-0.05, 0) is 54.6 Å². The predicted molar refractivity (Wildman–Crippen MR) is 117 cm³/mol. The zero-order valence-corrected chi connectivity index (χ0v) is 16.5. The Labute approximate surface area is 178 Å². The molecule has 0 saturated heterocycles. The highest BCUT2D eigenvalue weighted by Gasteiger charge is 2.12. The van der Waals surface area contributed by atoms with Crippen molar-refractivity contribution in [3.05, 3.63) is 102 Å². The minimum Gasteiger partial charge on any atom is -0.397 e. The maximum atomic E-state index is 13.1. The molecule has 0 radical (unpaired) electrons. The molecule has 154 valence electrons. The largest absolute Gasteiger partial charge is 0.397 e. The van der Waals surface area contributed by atoms with Crippen LogP contribution < -0.4 is 11.1 Å². The third-order valence-corrected chi connectivity index (χ3v) is 4.76. The average molecular weight is 414 g/mol. The number of hydrogen-bond acceptors (Lipinski definition) is 4. The maximum absolute atomic E-state index is 13.1. The van der Waals surface area contributed by atoms with Gasteiger partial charge in [0.05, 0.1) is 17.1 Å². The third-order valence-electron chi connectivity index (χ3n) is 4.76. The van der Waals surface area contributed by atoms with E-state index < -0.39 is 0 Å². The van der Waals surface area contributed by atoms with Crippen molar-refractivity contribution in [2.24, 2.45) is 0 Å². The molecule has 6 nitrogen and oxygen atoms in total. The molecule has 1 amide bonds. The lowest BCUT2D eigenvalue weighted by atomic mass is 10.1. The minimum absolute atomic E-state index is 0.0489. The summed E-state index contributed by atoms with van der Waals surface area (Å²) in [5.74, 6) is -0.774. The third kappa shape index (κ3) is 4.67. The first-order valence-corrected chi connectivity index (χ1v) is 9.58. The van der Waals surface area contributed by atoms with Gasteiger partial charge < -0.3 is 11.1 Å². The molecule has 7 heteroatoms. The number of benzene rings is 3. The van der Waals surface area contributed by atoms with Gasteiger partial charge in [-0.25, -0.2) is 4.39 Å². The highest BCUT2D eigenvalue weighted by Crippen LogP contribution is 2.19. The van der Waals surface area contributed by atoms with Gasteiger partial charge in [0.15, 0.2) is 5.78 Å². The molecule has 0 fully saturated rings. The summed E-state index contributed by atoms with van der Waals surface area (Å²) in [7, 11) is 0. The van der Waals surface area contributed by atoms with Crippen LogP contribution in [0.25, 0.3) is 11.3 Å². The first kappa shape index (κ1) is 20.0. The highest BCUT2D eigenvalue weighted by molar-refractivity contribution is 6.06. The van der Waals surface area contributed by atoms with Gasteiger partial charge in [-0.2, -0.15) is 5.10 Å². The molecule has 0 atom stereocenters. The number of ketones is 1. The summed E-state index contributed by atoms with van der Waals surface area (Å²) in [5.41, 5.74) is 9.15. The van der Waals surface area contributed by atoms with E-state index in [1.807, 2.05) is 0 Å². The number of aromatic nitrogens is 2. The number of rotatable bonds is 6. The second-order valence-electron chi connectivity index (χ2n) is 6.95. The summed E-state index contributed by atoms with van der Waals surface area (Å²) in [5, 5.41) is 7.12. The lowest BCUT2D eigenvalue weighted by Gasteiger charge is -2.08. The van der Waals surface area contributed by atoms with E-state index >= 15 is 0 Å². The fraction of sp³-hybridized carbons (Fsp3) is 0.0417. The monoisotopic (exact) mass is 414 g/mol. The number of nitrogens with two attached hydrogens (primary N) is 1. The fourth-order valence-corrected chi connectivity index (χ4v) is 3.08. The van der Waals surface area contributed by atoms with E-state index in [-0.39, 0.29) is 24.1 Å². The van der Waals surface area contributed by atoms with Crippen molar-refractivity contribution in [2.75, 3.05) is 11.1 Å². The van der Waals surface area contributed by atoms with Crippen LogP contribution in [0.5, 0.6) is 0 Å². The van der Waals surface area contributed by atoms with E-state index in [1.54, 1.807) is 72.9 Å². The molecule has 0 saturated carbocycles. The lowest BCUT2D eigenvalue weighted by Crippen LogP contribution is -2.14. The number of carbonyl (C=O) groups excluding carboxylic acids is 2. The zero-order valence-electron chi connectivity index (χ0n) is 16.5. The van der Waals surface area contributed by atoms with Crippen LogP contribution in [-0.4, -0.2) is 21.5 Å². The molecule has 0 aliphatic heterocycles. The Kier molecular flexibility index (Phi) is 5.57. The van der Waals surface area contributed by atoms with Crippen LogP contribution in [0.1, 0.15) is 20.7 Å². The zero-order chi connectivity index (χ0) is 21.8. The second-order valence-corrected chi connectivity index (χ2v) is 6.95. The van der Waals surface area contributed by atoms with E-state index in [2.05, 4.69) is 10.4 Å². The molecule has 3 N–H and O–H groups in total. The fourth-order valence-electron chi connectivity index (χ4n) is 3.08. The van der Waals surface area contributed by atoms with Crippen molar-refractivity contribution in [3.8, 4) is 11.3 Å². The van der Waals surface area contributed by atoms with Crippen LogP contribution in [0.3, 0.4) is 0 Å². The molecule has 0 spiro atoms. The van der Waals surface area contributed by atoms with Gasteiger partial charge in [0, 0.05) is 22.9 Å². The Hall–Kier alpha value is -4.26. The summed E-state index contributed by atoms with van der Waals surface area (Å²) in [6.45, 7) is 0.0489. The summed E-state index contributed by atoms with van der Waals surface area (Å²) < 4.78 is 14.6. The molecule has 0 unspecified atom stereocenters. The standard InChI is InChI=1S/C24H19FN4O2/c25-19-11-9-16(10-12-19)21-13-14-29(28-21)15-23(30)17-5-7-18(8-6-17)24(31)27-22-4-2-1-3-20(22)26/h1-14H,15,26H2,(H,27,31). The Morgan fingerprint density at radius 2 is 1.58 bits per heavy atom. The van der Waals surface area contributed by atoms with Crippen molar-refractivity contribution in [1.29, 1.82) is 0 Å². The molecule has 0 aliphatic rings. The van der Waals surface area contributed by atoms with Crippen LogP contribution in [0, 0.1) is 5.82 Å².